The molecule has 0 aliphatic carbocycles. The van der Waals surface area contributed by atoms with Crippen molar-refractivity contribution in [3.8, 4) is 11.3 Å². The molecule has 2 aliphatic rings. The second kappa shape index (κ2) is 5.79. The Hall–Kier alpha value is -1.96. The summed E-state index contributed by atoms with van der Waals surface area (Å²) in [6.07, 6.45) is 2.80. The summed E-state index contributed by atoms with van der Waals surface area (Å²) in [5.41, 5.74) is 2.04. The van der Waals surface area contributed by atoms with E-state index in [9.17, 15) is 4.79 Å². The number of imidazole rings is 1. The number of nitrogens with zero attached hydrogens (tertiary/aromatic N) is 3. The van der Waals surface area contributed by atoms with Gasteiger partial charge in [0.25, 0.3) is 5.91 Å². The van der Waals surface area contributed by atoms with Crippen LogP contribution in [-0.2, 0) is 17.9 Å². The Morgan fingerprint density at radius 3 is 3.04 bits per heavy atom. The number of thiophene rings is 2. The van der Waals surface area contributed by atoms with E-state index in [2.05, 4.69) is 26.4 Å². The van der Waals surface area contributed by atoms with Crippen molar-refractivity contribution in [1.29, 1.82) is 0 Å². The van der Waals surface area contributed by atoms with Crippen LogP contribution in [0.15, 0.2) is 40.5 Å². The van der Waals surface area contributed by atoms with Gasteiger partial charge in [-0.2, -0.15) is 11.3 Å². The van der Waals surface area contributed by atoms with Crippen LogP contribution in [0.2, 0.25) is 0 Å². The lowest BCUT2D eigenvalue weighted by Crippen LogP contribution is -2.45. The molecule has 5 nitrogen and oxygen atoms in total. The first-order valence-corrected chi connectivity index (χ1v) is 10.1. The van der Waals surface area contributed by atoms with E-state index in [0.717, 1.165) is 35.9 Å². The van der Waals surface area contributed by atoms with Crippen molar-refractivity contribution in [3.05, 3.63) is 51.2 Å². The molecule has 2 aliphatic heterocycles. The number of hydrogen-bond donors (Lipinski definition) is 0. The minimum absolute atomic E-state index is 0.116. The molecule has 0 N–H and O–H groups in total. The molecule has 1 spiro atoms. The number of carbonyl (C=O) groups excluding carboxylic acids is 1. The molecule has 1 unspecified atom stereocenters. The molecule has 0 radical (unpaired) electrons. The molecule has 1 fully saturated rings. The standard InChI is InChI=1S/C18H17N3O2S2/c22-17(15-2-1-6-25-15)20-5-4-18(11-20)12-21-14(13-3-7-24-10-13)8-19-16(21)9-23-18/h1-3,6-8,10H,4-5,9,11-12H2. The molecule has 3 aromatic rings. The van der Waals surface area contributed by atoms with Gasteiger partial charge in [-0.3, -0.25) is 4.79 Å². The van der Waals surface area contributed by atoms with Crippen molar-refractivity contribution in [2.75, 3.05) is 13.1 Å². The Balaban J connectivity index is 1.40. The van der Waals surface area contributed by atoms with Crippen molar-refractivity contribution in [1.82, 2.24) is 14.5 Å². The van der Waals surface area contributed by atoms with Crippen LogP contribution in [0.25, 0.3) is 11.3 Å². The Morgan fingerprint density at radius 2 is 2.24 bits per heavy atom. The van der Waals surface area contributed by atoms with Gasteiger partial charge < -0.3 is 14.2 Å². The van der Waals surface area contributed by atoms with Crippen molar-refractivity contribution >= 4 is 28.6 Å². The third-order valence-electron chi connectivity index (χ3n) is 5.04. The van der Waals surface area contributed by atoms with Crippen molar-refractivity contribution < 1.29 is 9.53 Å². The highest BCUT2D eigenvalue weighted by molar-refractivity contribution is 7.12. The molecule has 3 aromatic heterocycles. The SMILES string of the molecule is O=C(c1cccs1)N1CCC2(C1)Cn1c(-c3ccsc3)cnc1CO2. The van der Waals surface area contributed by atoms with Crippen LogP contribution in [0.4, 0.5) is 0 Å². The van der Waals surface area contributed by atoms with Gasteiger partial charge in [0.05, 0.1) is 29.9 Å². The molecule has 5 heterocycles. The predicted octanol–water partition coefficient (Wildman–Crippen LogP) is 3.49. The van der Waals surface area contributed by atoms with E-state index >= 15 is 0 Å². The summed E-state index contributed by atoms with van der Waals surface area (Å²) in [5.74, 6) is 1.08. The monoisotopic (exact) mass is 371 g/mol. The molecule has 1 atom stereocenters. The van der Waals surface area contributed by atoms with Gasteiger partial charge in [-0.25, -0.2) is 4.98 Å². The molecular weight excluding hydrogens is 354 g/mol. The zero-order chi connectivity index (χ0) is 16.9. The van der Waals surface area contributed by atoms with E-state index < -0.39 is 0 Å². The van der Waals surface area contributed by atoms with Crippen LogP contribution in [0.5, 0.6) is 0 Å². The van der Waals surface area contributed by atoms with E-state index in [1.807, 2.05) is 28.6 Å². The fraction of sp³-hybridized carbons (Fsp3) is 0.333. The van der Waals surface area contributed by atoms with Crippen molar-refractivity contribution in [2.24, 2.45) is 0 Å². The topological polar surface area (TPSA) is 47.4 Å². The van der Waals surface area contributed by atoms with Crippen LogP contribution >= 0.6 is 22.7 Å². The highest BCUT2D eigenvalue weighted by Gasteiger charge is 2.44. The normalized spacial score (nSPS) is 22.5. The molecule has 25 heavy (non-hydrogen) atoms. The number of carbonyl (C=O) groups is 1. The summed E-state index contributed by atoms with van der Waals surface area (Å²) in [4.78, 5) is 19.9. The fourth-order valence-corrected chi connectivity index (χ4v) is 5.06. The molecule has 0 aromatic carbocycles. The molecule has 128 valence electrons. The van der Waals surface area contributed by atoms with Crippen molar-refractivity contribution in [2.45, 2.75) is 25.2 Å². The lowest BCUT2D eigenvalue weighted by molar-refractivity contribution is -0.0804. The highest BCUT2D eigenvalue weighted by atomic mass is 32.1. The van der Waals surface area contributed by atoms with Gasteiger partial charge in [-0.15, -0.1) is 11.3 Å². The minimum atomic E-state index is -0.300. The number of ether oxygens (including phenoxy) is 1. The number of hydrogen-bond acceptors (Lipinski definition) is 5. The van der Waals surface area contributed by atoms with Crippen LogP contribution < -0.4 is 0 Å². The maximum absolute atomic E-state index is 12.6. The Morgan fingerprint density at radius 1 is 1.28 bits per heavy atom. The zero-order valence-electron chi connectivity index (χ0n) is 13.6. The summed E-state index contributed by atoms with van der Waals surface area (Å²) in [6.45, 7) is 2.64. The average molecular weight is 371 g/mol. The van der Waals surface area contributed by atoms with Gasteiger partial charge in [-0.1, -0.05) is 6.07 Å². The largest absolute Gasteiger partial charge is 0.363 e. The Bertz CT molecular complexity index is 901. The molecule has 1 amide bonds. The first-order chi connectivity index (χ1) is 12.2. The van der Waals surface area contributed by atoms with Gasteiger partial charge in [-0.05, 0) is 29.3 Å². The molecule has 0 saturated carbocycles. The fourth-order valence-electron chi connectivity index (χ4n) is 3.72. The zero-order valence-corrected chi connectivity index (χ0v) is 15.2. The van der Waals surface area contributed by atoms with E-state index in [1.165, 1.54) is 16.9 Å². The summed E-state index contributed by atoms with van der Waals surface area (Å²) < 4.78 is 8.48. The number of rotatable bonds is 2. The molecule has 1 saturated heterocycles. The molecular formula is C18H17N3O2S2. The van der Waals surface area contributed by atoms with Crippen LogP contribution in [0, 0.1) is 0 Å². The summed E-state index contributed by atoms with van der Waals surface area (Å²) in [6, 6.07) is 5.94. The molecule has 5 rings (SSSR count). The maximum Gasteiger partial charge on any atom is 0.264 e. The van der Waals surface area contributed by atoms with Crippen LogP contribution in [-0.4, -0.2) is 39.0 Å². The average Bonchev–Trinajstić information content (AvgIpc) is 3.41. The number of amides is 1. The lowest BCUT2D eigenvalue weighted by atomic mass is 10.0. The summed E-state index contributed by atoms with van der Waals surface area (Å²) >= 11 is 3.19. The quantitative estimate of drug-likeness (QED) is 0.693. The van der Waals surface area contributed by atoms with Gasteiger partial charge in [0.15, 0.2) is 0 Å². The first kappa shape index (κ1) is 15.3. The van der Waals surface area contributed by atoms with Gasteiger partial charge >= 0.3 is 0 Å². The number of likely N-dealkylation sites (tertiary alicyclic amines) is 1. The smallest absolute Gasteiger partial charge is 0.264 e. The highest BCUT2D eigenvalue weighted by Crippen LogP contribution is 2.36. The van der Waals surface area contributed by atoms with Gasteiger partial charge in [0.2, 0.25) is 0 Å². The Labute approximate surface area is 153 Å². The van der Waals surface area contributed by atoms with E-state index in [4.69, 9.17) is 4.74 Å². The van der Waals surface area contributed by atoms with Gasteiger partial charge in [0, 0.05) is 17.5 Å². The van der Waals surface area contributed by atoms with E-state index in [-0.39, 0.29) is 11.5 Å². The van der Waals surface area contributed by atoms with E-state index in [0.29, 0.717) is 13.2 Å². The van der Waals surface area contributed by atoms with Gasteiger partial charge in [0.1, 0.15) is 18.0 Å². The third kappa shape index (κ3) is 2.54. The maximum atomic E-state index is 12.6. The first-order valence-electron chi connectivity index (χ1n) is 8.28. The third-order valence-corrected chi connectivity index (χ3v) is 6.59. The number of fused-ring (bicyclic) bond motifs is 1. The second-order valence-electron chi connectivity index (χ2n) is 6.58. The number of aromatic nitrogens is 2. The Kier molecular flexibility index (Phi) is 3.55. The minimum Gasteiger partial charge on any atom is -0.363 e. The van der Waals surface area contributed by atoms with Crippen molar-refractivity contribution in [3.63, 3.8) is 0 Å². The van der Waals surface area contributed by atoms with E-state index in [1.54, 1.807) is 11.3 Å². The van der Waals surface area contributed by atoms with Crippen LogP contribution in [0.3, 0.4) is 0 Å². The molecule has 0 bridgehead atoms. The van der Waals surface area contributed by atoms with Crippen LogP contribution in [0.1, 0.15) is 21.9 Å². The predicted molar refractivity (Wildman–Crippen MR) is 97.9 cm³/mol. The lowest BCUT2D eigenvalue weighted by Gasteiger charge is -2.35. The summed E-state index contributed by atoms with van der Waals surface area (Å²) in [5, 5.41) is 6.18. The summed E-state index contributed by atoms with van der Waals surface area (Å²) in [7, 11) is 0. The second-order valence-corrected chi connectivity index (χ2v) is 8.31. The molecule has 7 heteroatoms.